The van der Waals surface area contributed by atoms with E-state index in [0.29, 0.717) is 10.2 Å². The molecule has 1 aromatic rings. The summed E-state index contributed by atoms with van der Waals surface area (Å²) in [6.45, 7) is 1.63. The van der Waals surface area contributed by atoms with Crippen LogP contribution in [0.15, 0.2) is 22.7 Å². The third kappa shape index (κ3) is 3.28. The summed E-state index contributed by atoms with van der Waals surface area (Å²) < 4.78 is 18.1. The third-order valence-electron chi connectivity index (χ3n) is 1.91. The van der Waals surface area contributed by atoms with Crippen molar-refractivity contribution in [2.45, 2.75) is 13.0 Å². The predicted molar refractivity (Wildman–Crippen MR) is 59.2 cm³/mol. The first-order chi connectivity index (χ1) is 7.04. The molecule has 0 aromatic heterocycles. The second-order valence-electron chi connectivity index (χ2n) is 2.99. The van der Waals surface area contributed by atoms with Crippen LogP contribution in [0.25, 0.3) is 0 Å². The van der Waals surface area contributed by atoms with Crippen molar-refractivity contribution in [2.75, 3.05) is 12.4 Å². The summed E-state index contributed by atoms with van der Waals surface area (Å²) in [5.41, 5.74) is 0.519. The van der Waals surface area contributed by atoms with Gasteiger partial charge >= 0.3 is 0 Å². The molecule has 0 bridgehead atoms. The van der Waals surface area contributed by atoms with E-state index in [2.05, 4.69) is 21.2 Å². The Hall–Kier alpha value is -0.940. The zero-order valence-electron chi connectivity index (χ0n) is 8.38. The molecule has 0 aliphatic heterocycles. The number of hydrogen-bond donors (Lipinski definition) is 1. The van der Waals surface area contributed by atoms with Crippen molar-refractivity contribution in [3.8, 4) is 0 Å². The number of amides is 1. The maximum atomic E-state index is 12.7. The van der Waals surface area contributed by atoms with E-state index in [9.17, 15) is 9.18 Å². The highest BCUT2D eigenvalue weighted by atomic mass is 79.9. The van der Waals surface area contributed by atoms with Crippen LogP contribution in [0.3, 0.4) is 0 Å². The van der Waals surface area contributed by atoms with Crippen molar-refractivity contribution in [3.05, 3.63) is 28.5 Å². The highest BCUT2D eigenvalue weighted by molar-refractivity contribution is 9.10. The number of ether oxygens (including phenoxy) is 1. The minimum Gasteiger partial charge on any atom is -0.372 e. The average Bonchev–Trinajstić information content (AvgIpc) is 2.20. The number of hydrogen-bond acceptors (Lipinski definition) is 2. The first kappa shape index (κ1) is 12.1. The van der Waals surface area contributed by atoms with Gasteiger partial charge in [0.2, 0.25) is 0 Å². The van der Waals surface area contributed by atoms with Crippen LogP contribution in [0, 0.1) is 5.82 Å². The molecule has 1 amide bonds. The molecule has 0 heterocycles. The summed E-state index contributed by atoms with van der Waals surface area (Å²) in [7, 11) is 1.45. The smallest absolute Gasteiger partial charge is 0.253 e. The van der Waals surface area contributed by atoms with Gasteiger partial charge in [-0.25, -0.2) is 4.39 Å². The summed E-state index contributed by atoms with van der Waals surface area (Å²) in [6.07, 6.45) is -0.540. The molecule has 0 saturated heterocycles. The Morgan fingerprint density at radius 1 is 1.60 bits per heavy atom. The Balaban J connectivity index is 2.77. The summed E-state index contributed by atoms with van der Waals surface area (Å²) in [5.74, 6) is -0.635. The lowest BCUT2D eigenvalue weighted by Gasteiger charge is -2.11. The van der Waals surface area contributed by atoms with Crippen molar-refractivity contribution in [3.63, 3.8) is 0 Å². The minimum absolute atomic E-state index is 0.273. The Bertz CT molecular complexity index is 370. The Morgan fingerprint density at radius 2 is 2.27 bits per heavy atom. The highest BCUT2D eigenvalue weighted by Gasteiger charge is 2.12. The van der Waals surface area contributed by atoms with Gasteiger partial charge < -0.3 is 10.1 Å². The molecule has 0 saturated carbocycles. The average molecular weight is 276 g/mol. The van der Waals surface area contributed by atoms with Crippen molar-refractivity contribution >= 4 is 27.5 Å². The van der Waals surface area contributed by atoms with Crippen LogP contribution in [0.1, 0.15) is 6.92 Å². The monoisotopic (exact) mass is 275 g/mol. The summed E-state index contributed by atoms with van der Waals surface area (Å²) >= 11 is 3.15. The van der Waals surface area contributed by atoms with E-state index in [-0.39, 0.29) is 11.7 Å². The first-order valence-corrected chi connectivity index (χ1v) is 5.12. The van der Waals surface area contributed by atoms with Crippen LogP contribution in [0.4, 0.5) is 10.1 Å². The summed E-state index contributed by atoms with van der Waals surface area (Å²) in [5, 5.41) is 2.61. The van der Waals surface area contributed by atoms with E-state index in [1.807, 2.05) is 0 Å². The number of benzene rings is 1. The van der Waals surface area contributed by atoms with Crippen molar-refractivity contribution in [1.82, 2.24) is 0 Å². The first-order valence-electron chi connectivity index (χ1n) is 4.33. The van der Waals surface area contributed by atoms with Gasteiger partial charge in [-0.05, 0) is 41.1 Å². The van der Waals surface area contributed by atoms with Gasteiger partial charge in [0.15, 0.2) is 0 Å². The molecule has 1 rings (SSSR count). The van der Waals surface area contributed by atoms with E-state index in [1.165, 1.54) is 25.3 Å². The summed E-state index contributed by atoms with van der Waals surface area (Å²) in [6, 6.07) is 4.05. The van der Waals surface area contributed by atoms with Crippen LogP contribution in [0.5, 0.6) is 0 Å². The van der Waals surface area contributed by atoms with Gasteiger partial charge in [-0.15, -0.1) is 0 Å². The third-order valence-corrected chi connectivity index (χ3v) is 2.57. The van der Waals surface area contributed by atoms with Crippen LogP contribution >= 0.6 is 15.9 Å². The fourth-order valence-electron chi connectivity index (χ4n) is 0.932. The van der Waals surface area contributed by atoms with Gasteiger partial charge in [0.05, 0.1) is 5.69 Å². The van der Waals surface area contributed by atoms with Gasteiger partial charge in [-0.1, -0.05) is 0 Å². The zero-order valence-corrected chi connectivity index (χ0v) is 9.97. The quantitative estimate of drug-likeness (QED) is 0.921. The highest BCUT2D eigenvalue weighted by Crippen LogP contribution is 2.23. The molecule has 15 heavy (non-hydrogen) atoms. The molecule has 5 heteroatoms. The molecule has 1 unspecified atom stereocenters. The van der Waals surface area contributed by atoms with E-state index in [1.54, 1.807) is 6.92 Å². The molecule has 0 radical (unpaired) electrons. The van der Waals surface area contributed by atoms with Crippen LogP contribution < -0.4 is 5.32 Å². The van der Waals surface area contributed by atoms with Crippen LogP contribution in [-0.4, -0.2) is 19.1 Å². The molecule has 0 spiro atoms. The van der Waals surface area contributed by atoms with Gasteiger partial charge in [-0.2, -0.15) is 0 Å². The number of methoxy groups -OCH3 is 1. The lowest BCUT2D eigenvalue weighted by Crippen LogP contribution is -2.26. The van der Waals surface area contributed by atoms with Gasteiger partial charge in [-0.3, -0.25) is 4.79 Å². The number of rotatable bonds is 3. The van der Waals surface area contributed by atoms with E-state index >= 15 is 0 Å². The SMILES string of the molecule is COC(C)C(=O)Nc1ccc(F)cc1Br. The standard InChI is InChI=1S/C10H11BrFNO2/c1-6(15-2)10(14)13-9-4-3-7(12)5-8(9)11/h3-6H,1-2H3,(H,13,14). The van der Waals surface area contributed by atoms with Crippen molar-refractivity contribution in [1.29, 1.82) is 0 Å². The summed E-state index contributed by atoms with van der Waals surface area (Å²) in [4.78, 5) is 11.4. The molecule has 0 aliphatic rings. The zero-order chi connectivity index (χ0) is 11.4. The van der Waals surface area contributed by atoms with Crippen molar-refractivity contribution < 1.29 is 13.9 Å². The molecular weight excluding hydrogens is 265 g/mol. The van der Waals surface area contributed by atoms with E-state index in [4.69, 9.17) is 4.74 Å². The molecule has 0 aliphatic carbocycles. The van der Waals surface area contributed by atoms with Gasteiger partial charge in [0, 0.05) is 11.6 Å². The molecule has 1 aromatic carbocycles. The Kier molecular flexibility index (Phi) is 4.23. The number of carbonyl (C=O) groups is 1. The lowest BCUT2D eigenvalue weighted by atomic mass is 10.3. The lowest BCUT2D eigenvalue weighted by molar-refractivity contribution is -0.124. The second-order valence-corrected chi connectivity index (χ2v) is 3.85. The number of anilines is 1. The molecule has 1 N–H and O–H groups in total. The van der Waals surface area contributed by atoms with Crippen LogP contribution in [-0.2, 0) is 9.53 Å². The maximum Gasteiger partial charge on any atom is 0.253 e. The molecule has 3 nitrogen and oxygen atoms in total. The van der Waals surface area contributed by atoms with Gasteiger partial charge in [0.25, 0.3) is 5.91 Å². The largest absolute Gasteiger partial charge is 0.372 e. The fourth-order valence-corrected chi connectivity index (χ4v) is 1.38. The normalized spacial score (nSPS) is 12.3. The van der Waals surface area contributed by atoms with Crippen LogP contribution in [0.2, 0.25) is 0 Å². The Morgan fingerprint density at radius 3 is 2.80 bits per heavy atom. The molecule has 0 fully saturated rings. The molecular formula is C10H11BrFNO2. The van der Waals surface area contributed by atoms with Crippen molar-refractivity contribution in [2.24, 2.45) is 0 Å². The topological polar surface area (TPSA) is 38.3 Å². The number of nitrogens with one attached hydrogen (secondary N) is 1. The predicted octanol–water partition coefficient (Wildman–Crippen LogP) is 2.56. The number of carbonyl (C=O) groups excluding carboxylic acids is 1. The number of halogens is 2. The second kappa shape index (κ2) is 5.23. The molecule has 82 valence electrons. The maximum absolute atomic E-state index is 12.7. The fraction of sp³-hybridized carbons (Fsp3) is 0.300. The minimum atomic E-state index is -0.540. The van der Waals surface area contributed by atoms with E-state index < -0.39 is 6.10 Å². The molecule has 1 atom stereocenters. The van der Waals surface area contributed by atoms with Gasteiger partial charge in [0.1, 0.15) is 11.9 Å². The Labute approximate surface area is 95.7 Å². The van der Waals surface area contributed by atoms with E-state index in [0.717, 1.165) is 0 Å².